The molecule has 0 bridgehead atoms. The van der Waals surface area contributed by atoms with Gasteiger partial charge in [0.2, 0.25) is 0 Å². The molecule has 2 aromatic rings. The van der Waals surface area contributed by atoms with E-state index in [1.54, 1.807) is 0 Å². The van der Waals surface area contributed by atoms with E-state index in [1.165, 1.54) is 18.2 Å². The van der Waals surface area contributed by atoms with E-state index in [-0.39, 0.29) is 23.0 Å². The van der Waals surface area contributed by atoms with E-state index in [0.29, 0.717) is 18.1 Å². The molecule has 0 fully saturated rings. The Balaban J connectivity index is 1.90. The van der Waals surface area contributed by atoms with Gasteiger partial charge in [0, 0.05) is 5.54 Å². The van der Waals surface area contributed by atoms with Crippen molar-refractivity contribution in [1.29, 1.82) is 0 Å². The van der Waals surface area contributed by atoms with Gasteiger partial charge in [-0.3, -0.25) is 0 Å². The molecule has 0 spiro atoms. The first kappa shape index (κ1) is 15.9. The summed E-state index contributed by atoms with van der Waals surface area (Å²) < 4.78 is 24.1. The van der Waals surface area contributed by atoms with Crippen molar-refractivity contribution in [3.05, 3.63) is 52.7 Å². The van der Waals surface area contributed by atoms with Crippen LogP contribution in [0.2, 0.25) is 5.02 Å². The number of benzene rings is 1. The highest BCUT2D eigenvalue weighted by Crippen LogP contribution is 2.26. The molecule has 0 aliphatic carbocycles. The number of ether oxygens (including phenoxy) is 1. The van der Waals surface area contributed by atoms with Crippen molar-refractivity contribution in [3.63, 3.8) is 0 Å². The summed E-state index contributed by atoms with van der Waals surface area (Å²) in [4.78, 5) is 0. The average molecular weight is 312 g/mol. The van der Waals surface area contributed by atoms with Crippen molar-refractivity contribution < 1.29 is 13.5 Å². The summed E-state index contributed by atoms with van der Waals surface area (Å²) >= 11 is 5.90. The number of furan rings is 1. The van der Waals surface area contributed by atoms with Crippen molar-refractivity contribution in [2.24, 2.45) is 0 Å². The highest BCUT2D eigenvalue weighted by Gasteiger charge is 2.11. The van der Waals surface area contributed by atoms with Crippen molar-refractivity contribution in [1.82, 2.24) is 5.32 Å². The Bertz CT molecular complexity index is 605. The molecule has 1 heterocycles. The predicted molar refractivity (Wildman–Crippen MR) is 81.0 cm³/mol. The molecule has 1 N–H and O–H groups in total. The van der Waals surface area contributed by atoms with E-state index in [2.05, 4.69) is 26.1 Å². The van der Waals surface area contributed by atoms with Crippen molar-refractivity contribution >= 4 is 11.6 Å². The highest BCUT2D eigenvalue weighted by molar-refractivity contribution is 6.32. The number of hydrogen-bond acceptors (Lipinski definition) is 3. The van der Waals surface area contributed by atoms with Gasteiger partial charge in [-0.2, -0.15) is 0 Å². The lowest BCUT2D eigenvalue weighted by atomic mass is 10.1. The minimum Gasteiger partial charge on any atom is -0.484 e. The second-order valence-electron chi connectivity index (χ2n) is 5.83. The van der Waals surface area contributed by atoms with Crippen LogP contribution in [0.5, 0.6) is 5.75 Å². The van der Waals surface area contributed by atoms with Crippen LogP contribution < -0.4 is 10.1 Å². The quantitative estimate of drug-likeness (QED) is 0.880. The van der Waals surface area contributed by atoms with Gasteiger partial charge in [0.1, 0.15) is 29.7 Å². The molecule has 0 radical (unpaired) electrons. The molecule has 0 atom stereocenters. The molecule has 2 rings (SSSR count). The highest BCUT2D eigenvalue weighted by atomic mass is 35.5. The number of halogens is 2. The molecule has 5 heteroatoms. The molecule has 1 aromatic heterocycles. The molecule has 0 saturated carbocycles. The van der Waals surface area contributed by atoms with Gasteiger partial charge in [-0.1, -0.05) is 11.6 Å². The smallest absolute Gasteiger partial charge is 0.146 e. The number of nitrogens with one attached hydrogen (secondary N) is 1. The van der Waals surface area contributed by atoms with E-state index in [4.69, 9.17) is 20.8 Å². The zero-order chi connectivity index (χ0) is 15.5. The van der Waals surface area contributed by atoms with Gasteiger partial charge in [-0.25, -0.2) is 4.39 Å². The first-order valence-electron chi connectivity index (χ1n) is 6.74. The standard InChI is InChI=1S/C16H19ClFNO2/c1-16(2,3)19-9-12-5-6-13(21-12)10-20-15-7-4-11(18)8-14(15)17/h4-8,19H,9-10H2,1-3H3. The van der Waals surface area contributed by atoms with E-state index < -0.39 is 0 Å². The zero-order valence-corrected chi connectivity index (χ0v) is 13.1. The fraction of sp³-hybridized carbons (Fsp3) is 0.375. The summed E-state index contributed by atoms with van der Waals surface area (Å²) in [7, 11) is 0. The van der Waals surface area contributed by atoms with Crippen molar-refractivity contribution in [3.8, 4) is 5.75 Å². The van der Waals surface area contributed by atoms with Crippen molar-refractivity contribution in [2.45, 2.75) is 39.5 Å². The lowest BCUT2D eigenvalue weighted by Gasteiger charge is -2.19. The molecule has 1 aromatic carbocycles. The third-order valence-corrected chi connectivity index (χ3v) is 3.07. The largest absolute Gasteiger partial charge is 0.484 e. The Morgan fingerprint density at radius 1 is 1.19 bits per heavy atom. The van der Waals surface area contributed by atoms with Crippen LogP contribution in [0.3, 0.4) is 0 Å². The fourth-order valence-corrected chi connectivity index (χ4v) is 1.91. The summed E-state index contributed by atoms with van der Waals surface area (Å²) in [6, 6.07) is 7.79. The van der Waals surface area contributed by atoms with Crippen LogP contribution in [-0.4, -0.2) is 5.54 Å². The monoisotopic (exact) mass is 311 g/mol. The van der Waals surface area contributed by atoms with Gasteiger partial charge in [-0.15, -0.1) is 0 Å². The van der Waals surface area contributed by atoms with E-state index in [1.807, 2.05) is 12.1 Å². The van der Waals surface area contributed by atoms with Crippen LogP contribution in [0.4, 0.5) is 4.39 Å². The third-order valence-electron chi connectivity index (χ3n) is 2.77. The van der Waals surface area contributed by atoms with E-state index in [9.17, 15) is 4.39 Å². The molecule has 0 aliphatic rings. The van der Waals surface area contributed by atoms with Gasteiger partial charge in [0.25, 0.3) is 0 Å². The number of rotatable bonds is 5. The minimum absolute atomic E-state index is 0.0328. The van der Waals surface area contributed by atoms with Crippen LogP contribution in [-0.2, 0) is 13.2 Å². The maximum absolute atomic E-state index is 12.9. The lowest BCUT2D eigenvalue weighted by Crippen LogP contribution is -2.34. The minimum atomic E-state index is -0.388. The molecule has 21 heavy (non-hydrogen) atoms. The van der Waals surface area contributed by atoms with Crippen LogP contribution in [0, 0.1) is 5.82 Å². The normalized spacial score (nSPS) is 11.7. The van der Waals surface area contributed by atoms with E-state index in [0.717, 1.165) is 5.76 Å². The summed E-state index contributed by atoms with van der Waals surface area (Å²) in [5.41, 5.74) is 0.0328. The molecule has 0 aliphatic heterocycles. The van der Waals surface area contributed by atoms with Crippen LogP contribution >= 0.6 is 11.6 Å². The topological polar surface area (TPSA) is 34.4 Å². The first-order chi connectivity index (χ1) is 9.83. The summed E-state index contributed by atoms with van der Waals surface area (Å²) in [5.74, 6) is 1.58. The van der Waals surface area contributed by atoms with Gasteiger partial charge in [-0.05, 0) is 51.1 Å². The second kappa shape index (κ2) is 6.50. The lowest BCUT2D eigenvalue weighted by molar-refractivity contribution is 0.263. The predicted octanol–water partition coefficient (Wildman–Crippen LogP) is 4.54. The summed E-state index contributed by atoms with van der Waals surface area (Å²) in [6.45, 7) is 7.19. The van der Waals surface area contributed by atoms with Crippen LogP contribution in [0.15, 0.2) is 34.7 Å². The Hall–Kier alpha value is -1.52. The maximum Gasteiger partial charge on any atom is 0.146 e. The summed E-state index contributed by atoms with van der Waals surface area (Å²) in [6.07, 6.45) is 0. The maximum atomic E-state index is 12.9. The fourth-order valence-electron chi connectivity index (χ4n) is 1.69. The molecule has 114 valence electrons. The average Bonchev–Trinajstić information content (AvgIpc) is 2.82. The molecular weight excluding hydrogens is 293 g/mol. The van der Waals surface area contributed by atoms with Gasteiger partial charge >= 0.3 is 0 Å². The molecule has 0 amide bonds. The Labute approximate surface area is 129 Å². The zero-order valence-electron chi connectivity index (χ0n) is 12.4. The Morgan fingerprint density at radius 3 is 2.57 bits per heavy atom. The summed E-state index contributed by atoms with van der Waals surface area (Å²) in [5, 5.41) is 3.59. The second-order valence-corrected chi connectivity index (χ2v) is 6.24. The molecule has 0 saturated heterocycles. The third kappa shape index (κ3) is 5.06. The molecule has 0 unspecified atom stereocenters. The van der Waals surface area contributed by atoms with Gasteiger partial charge in [0.15, 0.2) is 0 Å². The first-order valence-corrected chi connectivity index (χ1v) is 7.12. The molecule has 3 nitrogen and oxygen atoms in total. The van der Waals surface area contributed by atoms with E-state index >= 15 is 0 Å². The SMILES string of the molecule is CC(C)(C)NCc1ccc(COc2ccc(F)cc2Cl)o1. The van der Waals surface area contributed by atoms with Gasteiger partial charge in [0.05, 0.1) is 11.6 Å². The van der Waals surface area contributed by atoms with Gasteiger partial charge < -0.3 is 14.5 Å². The van der Waals surface area contributed by atoms with Crippen LogP contribution in [0.25, 0.3) is 0 Å². The number of hydrogen-bond donors (Lipinski definition) is 1. The Kier molecular flexibility index (Phi) is 4.91. The van der Waals surface area contributed by atoms with Crippen LogP contribution in [0.1, 0.15) is 32.3 Å². The Morgan fingerprint density at radius 2 is 1.90 bits per heavy atom. The molecular formula is C16H19ClFNO2. The van der Waals surface area contributed by atoms with Crippen molar-refractivity contribution in [2.75, 3.05) is 0 Å².